The van der Waals surface area contributed by atoms with Crippen molar-refractivity contribution in [2.75, 3.05) is 12.4 Å². The van der Waals surface area contributed by atoms with E-state index in [1.165, 1.54) is 29.2 Å². The maximum atomic E-state index is 10.5. The molecule has 0 fully saturated rings. The first-order valence-corrected chi connectivity index (χ1v) is 6.69. The average molecular weight is 270 g/mol. The Kier molecular flexibility index (Phi) is 3.82. The second-order valence-electron chi connectivity index (χ2n) is 3.10. The minimum absolute atomic E-state index is 0.0674. The number of aliphatic hydroxyl groups excluding tert-OH is 1. The van der Waals surface area contributed by atoms with Crippen LogP contribution in [0.3, 0.4) is 0 Å². The molecule has 2 aromatic rings. The Labute approximate surface area is 105 Å². The summed E-state index contributed by atoms with van der Waals surface area (Å²) in [5.74, 6) is -0.452. The van der Waals surface area contributed by atoms with Gasteiger partial charge < -0.3 is 10.2 Å². The van der Waals surface area contributed by atoms with Gasteiger partial charge in [0.25, 0.3) is 0 Å². The second kappa shape index (κ2) is 5.35. The topological polar surface area (TPSA) is 74.8 Å². The van der Waals surface area contributed by atoms with Gasteiger partial charge in [0.15, 0.2) is 4.96 Å². The maximum Gasteiger partial charge on any atom is 0.328 e. The molecule has 0 aliphatic heterocycles. The van der Waals surface area contributed by atoms with E-state index in [1.807, 2.05) is 16.0 Å². The molecule has 0 saturated carbocycles. The SMILES string of the molecule is O=C(O)/C=C/c1c(SCCO)nc2sccn12. The molecular formula is C10H10N2O3S2. The number of fused-ring (bicyclic) bond motifs is 1. The van der Waals surface area contributed by atoms with E-state index in [4.69, 9.17) is 10.2 Å². The molecule has 0 aliphatic carbocycles. The van der Waals surface area contributed by atoms with Crippen molar-refractivity contribution in [2.45, 2.75) is 5.03 Å². The first-order chi connectivity index (χ1) is 8.22. The lowest BCUT2D eigenvalue weighted by atomic mass is 10.4. The zero-order valence-electron chi connectivity index (χ0n) is 8.74. The van der Waals surface area contributed by atoms with E-state index in [1.54, 1.807) is 0 Å². The van der Waals surface area contributed by atoms with Crippen LogP contribution in [0, 0.1) is 0 Å². The van der Waals surface area contributed by atoms with Gasteiger partial charge in [0.1, 0.15) is 5.03 Å². The molecule has 2 aromatic heterocycles. The van der Waals surface area contributed by atoms with Crippen molar-refractivity contribution in [1.29, 1.82) is 0 Å². The van der Waals surface area contributed by atoms with Crippen LogP contribution >= 0.6 is 23.1 Å². The molecule has 0 bridgehead atoms. The Morgan fingerprint density at radius 2 is 2.47 bits per heavy atom. The minimum Gasteiger partial charge on any atom is -0.478 e. The molecule has 0 aliphatic rings. The zero-order valence-corrected chi connectivity index (χ0v) is 10.4. The molecule has 0 radical (unpaired) electrons. The summed E-state index contributed by atoms with van der Waals surface area (Å²) in [7, 11) is 0. The number of aromatic nitrogens is 2. The smallest absolute Gasteiger partial charge is 0.328 e. The van der Waals surface area contributed by atoms with Crippen molar-refractivity contribution in [1.82, 2.24) is 9.38 Å². The van der Waals surface area contributed by atoms with E-state index in [9.17, 15) is 4.79 Å². The number of aliphatic hydroxyl groups is 1. The summed E-state index contributed by atoms with van der Waals surface area (Å²) in [5, 5.41) is 20.1. The van der Waals surface area contributed by atoms with Gasteiger partial charge in [0.2, 0.25) is 0 Å². The van der Waals surface area contributed by atoms with Crippen LogP contribution in [0.25, 0.3) is 11.0 Å². The van der Waals surface area contributed by atoms with Gasteiger partial charge in [-0.1, -0.05) is 0 Å². The highest BCUT2D eigenvalue weighted by Gasteiger charge is 2.11. The molecule has 0 unspecified atom stereocenters. The first-order valence-electron chi connectivity index (χ1n) is 4.82. The number of hydrogen-bond acceptors (Lipinski definition) is 5. The number of thiazole rings is 1. The van der Waals surface area contributed by atoms with Gasteiger partial charge in [-0.15, -0.1) is 23.1 Å². The van der Waals surface area contributed by atoms with Gasteiger partial charge >= 0.3 is 5.97 Å². The summed E-state index contributed by atoms with van der Waals surface area (Å²) in [5.41, 5.74) is 0.738. The van der Waals surface area contributed by atoms with Crippen LogP contribution in [-0.4, -0.2) is 37.9 Å². The fraction of sp³-hybridized carbons (Fsp3) is 0.200. The van der Waals surface area contributed by atoms with Crippen LogP contribution in [0.15, 0.2) is 22.7 Å². The van der Waals surface area contributed by atoms with Crippen LogP contribution in [0.5, 0.6) is 0 Å². The third-order valence-electron chi connectivity index (χ3n) is 1.98. The Morgan fingerprint density at radius 3 is 3.18 bits per heavy atom. The summed E-state index contributed by atoms with van der Waals surface area (Å²) in [4.78, 5) is 15.7. The number of rotatable bonds is 5. The van der Waals surface area contributed by atoms with E-state index in [0.717, 1.165) is 21.8 Å². The lowest BCUT2D eigenvalue weighted by Gasteiger charge is -1.97. The first kappa shape index (κ1) is 12.2. The van der Waals surface area contributed by atoms with Crippen molar-refractivity contribution in [3.05, 3.63) is 23.3 Å². The predicted molar refractivity (Wildman–Crippen MR) is 67.5 cm³/mol. The van der Waals surface area contributed by atoms with Crippen LogP contribution < -0.4 is 0 Å². The zero-order chi connectivity index (χ0) is 12.3. The standard InChI is InChI=1S/C10H10N2O3S2/c13-4-6-16-9-7(1-2-8(14)15)12-3-5-17-10(12)11-9/h1-3,5,13H,4,6H2,(H,14,15)/b2-1+. The number of thioether (sulfide) groups is 1. The lowest BCUT2D eigenvalue weighted by molar-refractivity contribution is -0.131. The molecule has 0 atom stereocenters. The van der Waals surface area contributed by atoms with Gasteiger partial charge in [-0.25, -0.2) is 9.78 Å². The third-order valence-corrected chi connectivity index (χ3v) is 3.70. The lowest BCUT2D eigenvalue weighted by Crippen LogP contribution is -1.90. The summed E-state index contributed by atoms with van der Waals surface area (Å²) < 4.78 is 1.84. The quantitative estimate of drug-likeness (QED) is 0.637. The van der Waals surface area contributed by atoms with E-state index >= 15 is 0 Å². The fourth-order valence-corrected chi connectivity index (χ4v) is 2.86. The van der Waals surface area contributed by atoms with E-state index in [-0.39, 0.29) is 6.61 Å². The molecule has 2 N–H and O–H groups in total. The highest BCUT2D eigenvalue weighted by molar-refractivity contribution is 7.99. The molecule has 17 heavy (non-hydrogen) atoms. The van der Waals surface area contributed by atoms with Crippen molar-refractivity contribution in [3.8, 4) is 0 Å². The minimum atomic E-state index is -0.992. The van der Waals surface area contributed by atoms with Crippen LogP contribution in [-0.2, 0) is 4.79 Å². The van der Waals surface area contributed by atoms with Gasteiger partial charge in [-0.05, 0) is 6.08 Å². The summed E-state index contributed by atoms with van der Waals surface area (Å²) in [6.07, 6.45) is 4.45. The Morgan fingerprint density at radius 1 is 1.65 bits per heavy atom. The number of carboxylic acid groups (broad SMARTS) is 1. The molecule has 90 valence electrons. The highest BCUT2D eigenvalue weighted by atomic mass is 32.2. The normalized spacial score (nSPS) is 11.6. The van der Waals surface area contributed by atoms with E-state index in [2.05, 4.69) is 4.98 Å². The second-order valence-corrected chi connectivity index (χ2v) is 5.06. The molecule has 2 rings (SSSR count). The number of carbonyl (C=O) groups is 1. The van der Waals surface area contributed by atoms with Gasteiger partial charge in [-0.3, -0.25) is 4.40 Å². The maximum absolute atomic E-state index is 10.5. The largest absolute Gasteiger partial charge is 0.478 e. The summed E-state index contributed by atoms with van der Waals surface area (Å²) in [6, 6.07) is 0. The van der Waals surface area contributed by atoms with E-state index < -0.39 is 5.97 Å². The molecule has 0 amide bonds. The molecule has 2 heterocycles. The number of nitrogens with zero attached hydrogens (tertiary/aromatic N) is 2. The van der Waals surface area contributed by atoms with E-state index in [0.29, 0.717) is 5.75 Å². The number of hydrogen-bond donors (Lipinski definition) is 2. The molecule has 0 saturated heterocycles. The molecule has 7 heteroatoms. The van der Waals surface area contributed by atoms with Crippen molar-refractivity contribution >= 4 is 40.1 Å². The van der Waals surface area contributed by atoms with Crippen LogP contribution in [0.1, 0.15) is 5.69 Å². The van der Waals surface area contributed by atoms with Gasteiger partial charge in [0, 0.05) is 23.4 Å². The fourth-order valence-electron chi connectivity index (χ4n) is 1.33. The van der Waals surface area contributed by atoms with Crippen molar-refractivity contribution in [3.63, 3.8) is 0 Å². The Balaban J connectivity index is 2.39. The summed E-state index contributed by atoms with van der Waals surface area (Å²) >= 11 is 2.89. The Hall–Kier alpha value is -1.31. The molecule has 5 nitrogen and oxygen atoms in total. The number of imidazole rings is 1. The van der Waals surface area contributed by atoms with Crippen molar-refractivity contribution in [2.24, 2.45) is 0 Å². The number of carboxylic acids is 1. The predicted octanol–water partition coefficient (Wildman–Crippen LogP) is 1.58. The monoisotopic (exact) mass is 270 g/mol. The van der Waals surface area contributed by atoms with Crippen LogP contribution in [0.2, 0.25) is 0 Å². The van der Waals surface area contributed by atoms with Gasteiger partial charge in [-0.2, -0.15) is 0 Å². The summed E-state index contributed by atoms with van der Waals surface area (Å²) in [6.45, 7) is 0.0674. The average Bonchev–Trinajstić information content (AvgIpc) is 2.83. The van der Waals surface area contributed by atoms with Crippen molar-refractivity contribution < 1.29 is 15.0 Å². The third kappa shape index (κ3) is 2.68. The Bertz CT molecular complexity index is 559. The molecule has 0 spiro atoms. The van der Waals surface area contributed by atoms with Crippen LogP contribution in [0.4, 0.5) is 0 Å². The number of aliphatic carboxylic acids is 1. The molecule has 0 aromatic carbocycles. The molecular weight excluding hydrogens is 260 g/mol. The van der Waals surface area contributed by atoms with Gasteiger partial charge in [0.05, 0.1) is 12.3 Å². The highest BCUT2D eigenvalue weighted by Crippen LogP contribution is 2.26.